The highest BCUT2D eigenvalue weighted by Crippen LogP contribution is 2.29. The number of rotatable bonds is 12. The van der Waals surface area contributed by atoms with Crippen LogP contribution in [0.15, 0.2) is 65.8 Å². The van der Waals surface area contributed by atoms with Gasteiger partial charge in [-0.15, -0.1) is 0 Å². The molecular formula is C27H26Cl2N2O6. The normalized spacial score (nSPS) is 10.7. The Balaban J connectivity index is 1.58. The summed E-state index contributed by atoms with van der Waals surface area (Å²) in [5, 5.41) is 4.69. The Kier molecular flexibility index (Phi) is 10.6. The third-order valence-corrected chi connectivity index (χ3v) is 5.22. The van der Waals surface area contributed by atoms with Crippen molar-refractivity contribution in [2.24, 2.45) is 5.10 Å². The molecule has 0 bridgehead atoms. The molecule has 0 spiro atoms. The Morgan fingerprint density at radius 2 is 1.65 bits per heavy atom. The van der Waals surface area contributed by atoms with Crippen LogP contribution in [0.2, 0.25) is 10.0 Å². The van der Waals surface area contributed by atoms with Crippen LogP contribution >= 0.6 is 23.2 Å². The van der Waals surface area contributed by atoms with Gasteiger partial charge in [-0.25, -0.2) is 10.2 Å². The summed E-state index contributed by atoms with van der Waals surface area (Å²) in [4.78, 5) is 24.6. The minimum absolute atomic E-state index is 0.257. The van der Waals surface area contributed by atoms with E-state index in [2.05, 4.69) is 10.5 Å². The zero-order chi connectivity index (χ0) is 26.6. The van der Waals surface area contributed by atoms with E-state index < -0.39 is 11.9 Å². The Morgan fingerprint density at radius 3 is 2.35 bits per heavy atom. The summed E-state index contributed by atoms with van der Waals surface area (Å²) >= 11 is 11.9. The highest BCUT2D eigenvalue weighted by atomic mass is 35.5. The summed E-state index contributed by atoms with van der Waals surface area (Å²) < 4.78 is 22.1. The molecule has 1 N–H and O–H groups in total. The highest BCUT2D eigenvalue weighted by molar-refractivity contribution is 6.35. The summed E-state index contributed by atoms with van der Waals surface area (Å²) in [7, 11) is 0. The summed E-state index contributed by atoms with van der Waals surface area (Å²) in [6.07, 6.45) is 2.32. The maximum atomic E-state index is 12.6. The third-order valence-electron chi connectivity index (χ3n) is 4.69. The Bertz CT molecular complexity index is 1250. The average Bonchev–Trinajstić information content (AvgIpc) is 2.88. The number of carbonyl (C=O) groups excluding carboxylic acids is 2. The van der Waals surface area contributed by atoms with Crippen molar-refractivity contribution in [2.75, 3.05) is 19.8 Å². The molecule has 8 nitrogen and oxygen atoms in total. The van der Waals surface area contributed by atoms with E-state index in [1.54, 1.807) is 54.6 Å². The molecule has 3 aromatic rings. The lowest BCUT2D eigenvalue weighted by atomic mass is 10.2. The largest absolute Gasteiger partial charge is 0.494 e. The van der Waals surface area contributed by atoms with Gasteiger partial charge in [-0.3, -0.25) is 4.79 Å². The van der Waals surface area contributed by atoms with Crippen molar-refractivity contribution in [3.63, 3.8) is 0 Å². The van der Waals surface area contributed by atoms with Crippen LogP contribution < -0.4 is 24.4 Å². The van der Waals surface area contributed by atoms with E-state index >= 15 is 0 Å². The molecule has 3 aromatic carbocycles. The van der Waals surface area contributed by atoms with E-state index in [4.69, 9.17) is 42.1 Å². The first-order valence-electron chi connectivity index (χ1n) is 11.5. The van der Waals surface area contributed by atoms with E-state index in [1.165, 1.54) is 12.3 Å². The molecule has 37 heavy (non-hydrogen) atoms. The molecule has 0 saturated carbocycles. The van der Waals surface area contributed by atoms with Gasteiger partial charge in [0.1, 0.15) is 11.5 Å². The molecule has 0 heterocycles. The molecule has 1 amide bonds. The summed E-state index contributed by atoms with van der Waals surface area (Å²) in [5.74, 6) is 0.616. The first kappa shape index (κ1) is 27.8. The number of benzene rings is 3. The second-order valence-electron chi connectivity index (χ2n) is 7.56. The van der Waals surface area contributed by atoms with Crippen LogP contribution in [0.1, 0.15) is 36.2 Å². The summed E-state index contributed by atoms with van der Waals surface area (Å²) in [6, 6.07) is 16.3. The van der Waals surface area contributed by atoms with Crippen LogP contribution in [0.3, 0.4) is 0 Å². The highest BCUT2D eigenvalue weighted by Gasteiger charge is 2.14. The van der Waals surface area contributed by atoms with Crippen LogP contribution in [-0.2, 0) is 4.79 Å². The third kappa shape index (κ3) is 8.70. The van der Waals surface area contributed by atoms with Gasteiger partial charge in [-0.05, 0) is 79.6 Å². The molecule has 3 rings (SSSR count). The van der Waals surface area contributed by atoms with Crippen LogP contribution in [0.4, 0.5) is 0 Å². The predicted octanol–water partition coefficient (Wildman–Crippen LogP) is 5.93. The van der Waals surface area contributed by atoms with Crippen molar-refractivity contribution in [1.82, 2.24) is 5.43 Å². The van der Waals surface area contributed by atoms with Crippen molar-refractivity contribution in [3.8, 4) is 23.0 Å². The summed E-state index contributed by atoms with van der Waals surface area (Å²) in [5.41, 5.74) is 3.36. The number of nitrogens with one attached hydrogen (secondary N) is 1. The molecule has 0 radical (unpaired) electrons. The van der Waals surface area contributed by atoms with Gasteiger partial charge in [0.15, 0.2) is 18.1 Å². The zero-order valence-corrected chi connectivity index (χ0v) is 21.8. The maximum absolute atomic E-state index is 12.6. The number of ether oxygens (including phenoxy) is 4. The van der Waals surface area contributed by atoms with Crippen LogP contribution in [0.25, 0.3) is 0 Å². The second-order valence-corrected chi connectivity index (χ2v) is 8.40. The predicted molar refractivity (Wildman–Crippen MR) is 142 cm³/mol. The SMILES string of the molecule is CCCOc1ccc(C(=O)Oc2ccc(/C=N/NC(=O)COc3ccc(Cl)cc3Cl)cc2OCC)cc1. The summed E-state index contributed by atoms with van der Waals surface area (Å²) in [6.45, 7) is 4.51. The molecule has 0 aromatic heterocycles. The Labute approximate surface area is 225 Å². The molecule has 0 fully saturated rings. The minimum atomic E-state index is -0.530. The number of nitrogens with zero attached hydrogens (tertiary/aromatic N) is 1. The standard InChI is InChI=1S/C27H26Cl2N2O6/c1-3-13-35-21-9-6-19(7-10-21)27(33)37-24-11-5-18(14-25(24)34-4-2)16-30-31-26(32)17-36-23-12-8-20(28)15-22(23)29/h5-12,14-16H,3-4,13,17H2,1-2H3,(H,31,32)/b30-16+. The van der Waals surface area contributed by atoms with Gasteiger partial charge >= 0.3 is 5.97 Å². The van der Waals surface area contributed by atoms with Gasteiger partial charge in [-0.2, -0.15) is 5.10 Å². The monoisotopic (exact) mass is 544 g/mol. The fourth-order valence-electron chi connectivity index (χ4n) is 2.97. The van der Waals surface area contributed by atoms with Crippen molar-refractivity contribution < 1.29 is 28.5 Å². The number of carbonyl (C=O) groups is 2. The lowest BCUT2D eigenvalue weighted by Crippen LogP contribution is -2.24. The van der Waals surface area contributed by atoms with Crippen molar-refractivity contribution in [3.05, 3.63) is 81.8 Å². The van der Waals surface area contributed by atoms with E-state index in [-0.39, 0.29) is 12.4 Å². The van der Waals surface area contributed by atoms with Gasteiger partial charge in [0.25, 0.3) is 5.91 Å². The Morgan fingerprint density at radius 1 is 0.892 bits per heavy atom. The molecule has 194 valence electrons. The fourth-order valence-corrected chi connectivity index (χ4v) is 3.43. The van der Waals surface area contributed by atoms with Crippen molar-refractivity contribution in [2.45, 2.75) is 20.3 Å². The van der Waals surface area contributed by atoms with Crippen molar-refractivity contribution in [1.29, 1.82) is 0 Å². The van der Waals surface area contributed by atoms with E-state index in [1.807, 2.05) is 13.8 Å². The molecular weight excluding hydrogens is 519 g/mol. The number of hydrazone groups is 1. The quantitative estimate of drug-likeness (QED) is 0.131. The van der Waals surface area contributed by atoms with E-state index in [0.29, 0.717) is 51.6 Å². The first-order chi connectivity index (χ1) is 17.9. The average molecular weight is 545 g/mol. The lowest BCUT2D eigenvalue weighted by Gasteiger charge is -2.12. The number of hydrogen-bond acceptors (Lipinski definition) is 7. The molecule has 0 aliphatic carbocycles. The number of halogens is 2. The number of amides is 1. The van der Waals surface area contributed by atoms with Crippen LogP contribution in [0, 0.1) is 0 Å². The molecule has 0 aliphatic heterocycles. The van der Waals surface area contributed by atoms with Gasteiger partial charge in [0.05, 0.1) is 30.0 Å². The molecule has 0 saturated heterocycles. The zero-order valence-electron chi connectivity index (χ0n) is 20.3. The lowest BCUT2D eigenvalue weighted by molar-refractivity contribution is -0.123. The van der Waals surface area contributed by atoms with E-state index in [0.717, 1.165) is 6.42 Å². The van der Waals surface area contributed by atoms with Crippen molar-refractivity contribution >= 4 is 41.3 Å². The van der Waals surface area contributed by atoms with E-state index in [9.17, 15) is 9.59 Å². The van der Waals surface area contributed by atoms with Gasteiger partial charge in [-0.1, -0.05) is 30.1 Å². The van der Waals surface area contributed by atoms with Gasteiger partial charge < -0.3 is 18.9 Å². The second kappa shape index (κ2) is 14.1. The fraction of sp³-hybridized carbons (Fsp3) is 0.222. The van der Waals surface area contributed by atoms with Gasteiger partial charge in [0.2, 0.25) is 0 Å². The first-order valence-corrected chi connectivity index (χ1v) is 12.3. The topological polar surface area (TPSA) is 95.5 Å². The van der Waals surface area contributed by atoms with Gasteiger partial charge in [0, 0.05) is 5.02 Å². The minimum Gasteiger partial charge on any atom is -0.494 e. The number of hydrogen-bond donors (Lipinski definition) is 1. The van der Waals surface area contributed by atoms with Crippen LogP contribution in [0.5, 0.6) is 23.0 Å². The maximum Gasteiger partial charge on any atom is 0.343 e. The molecule has 10 heteroatoms. The number of esters is 1. The Hall–Kier alpha value is -3.75. The molecule has 0 atom stereocenters. The molecule has 0 aliphatic rings. The smallest absolute Gasteiger partial charge is 0.343 e. The molecule has 0 unspecified atom stereocenters. The van der Waals surface area contributed by atoms with Crippen LogP contribution in [-0.4, -0.2) is 37.9 Å².